The van der Waals surface area contributed by atoms with E-state index in [2.05, 4.69) is 24.4 Å². The summed E-state index contributed by atoms with van der Waals surface area (Å²) in [7, 11) is -6.53. The lowest BCUT2D eigenvalue weighted by molar-refractivity contribution is 0.292. The number of nitrogens with zero attached hydrogens (tertiary/aromatic N) is 3. The first kappa shape index (κ1) is 32.3. The van der Waals surface area contributed by atoms with Gasteiger partial charge in [0.15, 0.2) is 23.1 Å². The third-order valence-corrected chi connectivity index (χ3v) is 9.41. The van der Waals surface area contributed by atoms with Gasteiger partial charge in [-0.2, -0.15) is 4.98 Å². The number of para-hydroxylation sites is 2. The van der Waals surface area contributed by atoms with Crippen LogP contribution in [-0.2, 0) is 20.0 Å². The molecule has 0 fully saturated rings. The van der Waals surface area contributed by atoms with Gasteiger partial charge in [0.2, 0.25) is 15.8 Å². The highest BCUT2D eigenvalue weighted by Gasteiger charge is 2.25. The van der Waals surface area contributed by atoms with Gasteiger partial charge < -0.3 is 14.2 Å². The van der Waals surface area contributed by atoms with Crippen LogP contribution < -0.4 is 23.7 Å². The second kappa shape index (κ2) is 13.9. The summed E-state index contributed by atoms with van der Waals surface area (Å²) in [6.07, 6.45) is 3.07. The maximum atomic E-state index is 13.5. The number of rotatable bonds is 13. The van der Waals surface area contributed by atoms with Gasteiger partial charge in [0.25, 0.3) is 15.9 Å². The van der Waals surface area contributed by atoms with E-state index in [-0.39, 0.29) is 52.0 Å². The Labute approximate surface area is 267 Å². The van der Waals surface area contributed by atoms with Crippen molar-refractivity contribution < 1.29 is 31.0 Å². The van der Waals surface area contributed by atoms with Gasteiger partial charge in [0.05, 0.1) is 16.9 Å². The van der Waals surface area contributed by atoms with E-state index in [0.29, 0.717) is 11.3 Å². The van der Waals surface area contributed by atoms with Crippen molar-refractivity contribution in [2.75, 3.05) is 25.0 Å². The molecule has 0 bridgehead atoms. The Morgan fingerprint density at radius 2 is 1.30 bits per heavy atom. The monoisotopic (exact) mass is 661 g/mol. The van der Waals surface area contributed by atoms with Crippen molar-refractivity contribution in [2.24, 2.45) is 0 Å². The van der Waals surface area contributed by atoms with Gasteiger partial charge >= 0.3 is 0 Å². The fraction of sp³-hybridized carbons (Fsp3) is 0.156. The molecule has 46 heavy (non-hydrogen) atoms. The molecule has 0 spiro atoms. The van der Waals surface area contributed by atoms with Gasteiger partial charge in [-0.3, -0.25) is 9.71 Å². The summed E-state index contributed by atoms with van der Waals surface area (Å²) in [6.45, 7) is 3.38. The lowest BCUT2D eigenvalue weighted by Gasteiger charge is -2.18. The van der Waals surface area contributed by atoms with E-state index in [1.165, 1.54) is 43.8 Å². The van der Waals surface area contributed by atoms with Crippen LogP contribution in [0.15, 0.2) is 107 Å². The Bertz CT molecular complexity index is 2020. The average molecular weight is 662 g/mol. The molecule has 0 radical (unpaired) electrons. The van der Waals surface area contributed by atoms with Crippen LogP contribution in [0, 0.1) is 13.8 Å². The van der Waals surface area contributed by atoms with Crippen LogP contribution in [0.2, 0.25) is 0 Å². The SMILES string of the molecule is COc1ccccc1Oc1c(NS(=O)(=O)c2ccc(C)cc2)nc(-c2ccncc2)nc1OCCNS(=O)(=O)c1ccc(C)cc1. The minimum atomic E-state index is -4.17. The number of methoxy groups -OCH3 is 1. The molecule has 2 heterocycles. The minimum absolute atomic E-state index is 0.00149. The van der Waals surface area contributed by atoms with Gasteiger partial charge in [0, 0.05) is 24.5 Å². The van der Waals surface area contributed by atoms with E-state index < -0.39 is 20.0 Å². The number of aryl methyl sites for hydroxylation is 2. The summed E-state index contributed by atoms with van der Waals surface area (Å²) in [5.41, 5.74) is 2.32. The average Bonchev–Trinajstić information content (AvgIpc) is 3.05. The minimum Gasteiger partial charge on any atom is -0.493 e. The molecule has 2 N–H and O–H groups in total. The first-order valence-electron chi connectivity index (χ1n) is 14.0. The normalized spacial score (nSPS) is 11.5. The largest absolute Gasteiger partial charge is 0.493 e. The van der Waals surface area contributed by atoms with Crippen molar-refractivity contribution in [1.82, 2.24) is 19.7 Å². The molecular weight excluding hydrogens is 631 g/mol. The van der Waals surface area contributed by atoms with E-state index in [9.17, 15) is 16.8 Å². The Morgan fingerprint density at radius 3 is 1.91 bits per heavy atom. The maximum Gasteiger partial charge on any atom is 0.263 e. The highest BCUT2D eigenvalue weighted by Crippen LogP contribution is 2.41. The van der Waals surface area contributed by atoms with Crippen molar-refractivity contribution in [2.45, 2.75) is 23.6 Å². The number of pyridine rings is 1. The first-order chi connectivity index (χ1) is 22.1. The molecule has 0 unspecified atom stereocenters. The smallest absolute Gasteiger partial charge is 0.263 e. The van der Waals surface area contributed by atoms with Gasteiger partial charge in [-0.1, -0.05) is 47.5 Å². The highest BCUT2D eigenvalue weighted by molar-refractivity contribution is 7.92. The van der Waals surface area contributed by atoms with E-state index >= 15 is 0 Å². The van der Waals surface area contributed by atoms with Crippen LogP contribution in [0.5, 0.6) is 23.1 Å². The maximum absolute atomic E-state index is 13.5. The molecule has 0 amide bonds. The zero-order valence-corrected chi connectivity index (χ0v) is 26.8. The predicted molar refractivity (Wildman–Crippen MR) is 172 cm³/mol. The zero-order chi connectivity index (χ0) is 32.7. The van der Waals surface area contributed by atoms with Crippen molar-refractivity contribution in [3.8, 4) is 34.5 Å². The number of sulfonamides is 2. The molecule has 0 aliphatic rings. The van der Waals surface area contributed by atoms with Gasteiger partial charge in [-0.05, 0) is 62.4 Å². The summed E-state index contributed by atoms with van der Waals surface area (Å²) < 4.78 is 75.4. The van der Waals surface area contributed by atoms with Gasteiger partial charge in [0.1, 0.15) is 6.61 Å². The molecule has 0 saturated carbocycles. The number of ether oxygens (including phenoxy) is 3. The molecule has 0 aliphatic heterocycles. The number of aromatic nitrogens is 3. The summed E-state index contributed by atoms with van der Waals surface area (Å²) in [4.78, 5) is 13.2. The quantitative estimate of drug-likeness (QED) is 0.162. The summed E-state index contributed by atoms with van der Waals surface area (Å²) in [5.74, 6) is 0.147. The second-order valence-corrected chi connectivity index (χ2v) is 13.4. The molecular formula is C32H31N5O7S2. The number of nitrogens with one attached hydrogen (secondary N) is 2. The van der Waals surface area contributed by atoms with Crippen LogP contribution in [0.1, 0.15) is 11.1 Å². The third-order valence-electron chi connectivity index (χ3n) is 6.58. The fourth-order valence-electron chi connectivity index (χ4n) is 4.16. The van der Waals surface area contributed by atoms with Gasteiger partial charge in [-0.15, -0.1) is 0 Å². The summed E-state index contributed by atoms with van der Waals surface area (Å²) >= 11 is 0. The zero-order valence-electron chi connectivity index (χ0n) is 25.2. The van der Waals surface area contributed by atoms with E-state index in [1.54, 1.807) is 60.7 Å². The second-order valence-electron chi connectivity index (χ2n) is 10.00. The Hall–Kier alpha value is -5.05. The van der Waals surface area contributed by atoms with Crippen molar-refractivity contribution in [1.29, 1.82) is 0 Å². The number of hydrogen-bond donors (Lipinski definition) is 2. The molecule has 14 heteroatoms. The fourth-order valence-corrected chi connectivity index (χ4v) is 6.18. The summed E-state index contributed by atoms with van der Waals surface area (Å²) in [6, 6.07) is 22.7. The van der Waals surface area contributed by atoms with E-state index in [0.717, 1.165) is 11.1 Å². The lowest BCUT2D eigenvalue weighted by Crippen LogP contribution is -2.28. The highest BCUT2D eigenvalue weighted by atomic mass is 32.2. The van der Waals surface area contributed by atoms with Crippen molar-refractivity contribution >= 4 is 25.9 Å². The number of hydrogen-bond acceptors (Lipinski definition) is 10. The van der Waals surface area contributed by atoms with Crippen molar-refractivity contribution in [3.63, 3.8) is 0 Å². The number of benzene rings is 3. The Kier molecular flexibility index (Phi) is 9.80. The third kappa shape index (κ3) is 7.77. The first-order valence-corrected chi connectivity index (χ1v) is 16.9. The molecule has 3 aromatic carbocycles. The van der Waals surface area contributed by atoms with E-state index in [4.69, 9.17) is 14.2 Å². The molecule has 5 aromatic rings. The van der Waals surface area contributed by atoms with Crippen molar-refractivity contribution in [3.05, 3.63) is 108 Å². The van der Waals surface area contributed by atoms with Crippen LogP contribution >= 0.6 is 0 Å². The molecule has 0 aliphatic carbocycles. The van der Waals surface area contributed by atoms with Crippen LogP contribution in [0.4, 0.5) is 5.82 Å². The van der Waals surface area contributed by atoms with Crippen LogP contribution in [0.3, 0.4) is 0 Å². The van der Waals surface area contributed by atoms with Gasteiger partial charge in [-0.25, -0.2) is 26.5 Å². The van der Waals surface area contributed by atoms with Crippen LogP contribution in [-0.4, -0.2) is 52.0 Å². The summed E-state index contributed by atoms with van der Waals surface area (Å²) in [5, 5.41) is 0. The molecule has 12 nitrogen and oxygen atoms in total. The van der Waals surface area contributed by atoms with E-state index in [1.807, 2.05) is 13.8 Å². The van der Waals surface area contributed by atoms with Crippen LogP contribution in [0.25, 0.3) is 11.4 Å². The molecule has 2 aromatic heterocycles. The molecule has 5 rings (SSSR count). The topological polar surface area (TPSA) is 159 Å². The lowest BCUT2D eigenvalue weighted by atomic mass is 10.2. The molecule has 0 saturated heterocycles. The number of anilines is 1. The molecule has 0 atom stereocenters. The molecule has 238 valence electrons. The standard InChI is InChI=1S/C32H31N5O7S2/c1-22-8-12-25(13-9-22)45(38,39)34-20-21-43-32-29(44-28-7-5-4-6-27(28)42-3)31(35-30(36-32)24-16-18-33-19-17-24)37-46(40,41)26-14-10-23(2)11-15-26/h4-19,34H,20-21H2,1-3H3,(H,35,36,37). The Balaban J connectivity index is 1.54. The predicted octanol–water partition coefficient (Wildman–Crippen LogP) is 5.11. The Morgan fingerprint density at radius 1 is 0.717 bits per heavy atom.